The summed E-state index contributed by atoms with van der Waals surface area (Å²) in [6, 6.07) is 7.40. The van der Waals surface area contributed by atoms with E-state index in [1.807, 2.05) is 39.0 Å². The highest BCUT2D eigenvalue weighted by atomic mass is 32.1. The van der Waals surface area contributed by atoms with Crippen LogP contribution >= 0.6 is 23.6 Å². The maximum absolute atomic E-state index is 13.0. The van der Waals surface area contributed by atoms with Gasteiger partial charge in [0.1, 0.15) is 10.4 Å². The Kier molecular flexibility index (Phi) is 4.24. The molecule has 27 heavy (non-hydrogen) atoms. The molecule has 0 spiro atoms. The number of H-pyrrole nitrogens is 1. The Balaban J connectivity index is 1.83. The van der Waals surface area contributed by atoms with E-state index >= 15 is 0 Å². The number of carbonyl (C=O) groups excluding carboxylic acids is 1. The highest BCUT2D eigenvalue weighted by Gasteiger charge is 2.20. The minimum Gasteiger partial charge on any atom is -0.451 e. The van der Waals surface area contributed by atoms with Crippen molar-refractivity contribution in [3.63, 3.8) is 0 Å². The summed E-state index contributed by atoms with van der Waals surface area (Å²) in [6.07, 6.45) is 0.725. The number of nitrogens with zero attached hydrogens (tertiary/aromatic N) is 1. The Bertz CT molecular complexity index is 1320. The molecule has 0 radical (unpaired) electrons. The van der Waals surface area contributed by atoms with E-state index in [1.165, 1.54) is 11.3 Å². The molecule has 8 heteroatoms. The first kappa shape index (κ1) is 17.7. The Hall–Kier alpha value is -2.71. The summed E-state index contributed by atoms with van der Waals surface area (Å²) in [7, 11) is 0. The van der Waals surface area contributed by atoms with Gasteiger partial charge in [-0.1, -0.05) is 25.1 Å². The summed E-state index contributed by atoms with van der Waals surface area (Å²) in [6.45, 7) is 5.78. The smallest absolute Gasteiger partial charge is 0.306 e. The van der Waals surface area contributed by atoms with Gasteiger partial charge in [0.15, 0.2) is 5.76 Å². The maximum Gasteiger partial charge on any atom is 0.306 e. The van der Waals surface area contributed by atoms with Crippen molar-refractivity contribution in [1.82, 2.24) is 9.66 Å². The number of thiophene rings is 1. The second-order valence-corrected chi connectivity index (χ2v) is 7.87. The molecule has 1 amide bonds. The van der Waals surface area contributed by atoms with Gasteiger partial charge in [0, 0.05) is 15.8 Å². The number of nitrogens with one attached hydrogen (secondary N) is 2. The van der Waals surface area contributed by atoms with Crippen LogP contribution in [0.4, 0.5) is 0 Å². The zero-order chi connectivity index (χ0) is 19.3. The molecule has 0 bridgehead atoms. The number of hydrogen-bond acceptors (Lipinski definition) is 5. The van der Waals surface area contributed by atoms with E-state index in [4.69, 9.17) is 16.6 Å². The number of aromatic nitrogens is 2. The summed E-state index contributed by atoms with van der Waals surface area (Å²) in [5, 5.41) is 1.42. The van der Waals surface area contributed by atoms with Crippen LogP contribution in [0, 0.1) is 18.6 Å². The van der Waals surface area contributed by atoms with E-state index in [-0.39, 0.29) is 16.1 Å². The number of aryl methyl sites for hydroxylation is 3. The molecular weight excluding hydrogens is 382 g/mol. The van der Waals surface area contributed by atoms with Gasteiger partial charge in [-0.25, -0.2) is 0 Å². The zero-order valence-corrected chi connectivity index (χ0v) is 16.6. The van der Waals surface area contributed by atoms with Crippen LogP contribution in [0.15, 0.2) is 33.5 Å². The third-order valence-corrected chi connectivity index (χ3v) is 6.01. The fraction of sp³-hybridized carbons (Fsp3) is 0.211. The van der Waals surface area contributed by atoms with Crippen molar-refractivity contribution in [2.75, 3.05) is 5.43 Å². The minimum atomic E-state index is -0.519. The predicted molar refractivity (Wildman–Crippen MR) is 110 cm³/mol. The van der Waals surface area contributed by atoms with E-state index in [2.05, 4.69) is 10.4 Å². The van der Waals surface area contributed by atoms with Gasteiger partial charge in [-0.05, 0) is 44.1 Å². The first-order valence-corrected chi connectivity index (χ1v) is 9.71. The second kappa shape index (κ2) is 6.47. The molecule has 0 atom stereocenters. The van der Waals surface area contributed by atoms with Crippen LogP contribution < -0.4 is 11.0 Å². The molecule has 0 unspecified atom stereocenters. The van der Waals surface area contributed by atoms with Crippen molar-refractivity contribution in [1.29, 1.82) is 0 Å². The van der Waals surface area contributed by atoms with E-state index in [1.54, 1.807) is 6.07 Å². The summed E-state index contributed by atoms with van der Waals surface area (Å²) < 4.78 is 6.90. The van der Waals surface area contributed by atoms with Crippen LogP contribution in [-0.2, 0) is 6.42 Å². The predicted octanol–water partition coefficient (Wildman–Crippen LogP) is 4.43. The molecule has 0 fully saturated rings. The van der Waals surface area contributed by atoms with Gasteiger partial charge in [0.25, 0.3) is 5.56 Å². The van der Waals surface area contributed by atoms with Gasteiger partial charge in [0.2, 0.25) is 4.77 Å². The van der Waals surface area contributed by atoms with E-state index in [0.29, 0.717) is 16.5 Å². The summed E-state index contributed by atoms with van der Waals surface area (Å²) in [5.41, 5.74) is 4.56. The largest absolute Gasteiger partial charge is 0.451 e. The number of benzene rings is 1. The van der Waals surface area contributed by atoms with Crippen molar-refractivity contribution in [3.05, 3.63) is 61.2 Å². The highest BCUT2D eigenvalue weighted by Crippen LogP contribution is 2.27. The number of carbonyl (C=O) groups is 1. The van der Waals surface area contributed by atoms with Crippen LogP contribution in [0.1, 0.15) is 33.5 Å². The number of hydrogen-bond donors (Lipinski definition) is 2. The van der Waals surface area contributed by atoms with Gasteiger partial charge < -0.3 is 9.40 Å². The first-order chi connectivity index (χ1) is 12.9. The average molecular weight is 399 g/mol. The number of rotatable bonds is 3. The Morgan fingerprint density at radius 3 is 2.78 bits per heavy atom. The Morgan fingerprint density at radius 1 is 1.33 bits per heavy atom. The SMILES string of the molecule is CCc1c(C)sc2[nH]c(=S)n(NC(=O)c3oc4ccccc4c3C)c(=O)c12. The van der Waals surface area contributed by atoms with Gasteiger partial charge in [-0.3, -0.25) is 15.0 Å². The Morgan fingerprint density at radius 2 is 2.07 bits per heavy atom. The van der Waals surface area contributed by atoms with E-state index in [0.717, 1.165) is 31.8 Å². The number of fused-ring (bicyclic) bond motifs is 2. The lowest BCUT2D eigenvalue weighted by Gasteiger charge is -2.08. The number of furan rings is 1. The van der Waals surface area contributed by atoms with Crippen LogP contribution in [0.25, 0.3) is 21.2 Å². The van der Waals surface area contributed by atoms with Crippen LogP contribution in [-0.4, -0.2) is 15.6 Å². The standard InChI is InChI=1S/C19H17N3O3S2/c1-4-11-10(3)27-17-14(11)18(24)22(19(26)20-17)21-16(23)15-9(2)12-7-5-6-8-13(12)25-15/h5-8H,4H2,1-3H3,(H,20,26)(H,21,23). The fourth-order valence-electron chi connectivity index (χ4n) is 3.32. The molecule has 4 aromatic rings. The molecule has 4 rings (SSSR count). The molecule has 0 saturated heterocycles. The van der Waals surface area contributed by atoms with Crippen LogP contribution in [0.3, 0.4) is 0 Å². The lowest BCUT2D eigenvalue weighted by molar-refractivity contribution is 0.0981. The van der Waals surface area contributed by atoms with Crippen molar-refractivity contribution in [2.24, 2.45) is 0 Å². The lowest BCUT2D eigenvalue weighted by atomic mass is 10.1. The molecule has 3 heterocycles. The molecule has 6 nitrogen and oxygen atoms in total. The molecule has 0 aliphatic rings. The zero-order valence-electron chi connectivity index (χ0n) is 15.0. The average Bonchev–Trinajstić information content (AvgIpc) is 3.15. The summed E-state index contributed by atoms with van der Waals surface area (Å²) in [5.74, 6) is -0.357. The van der Waals surface area contributed by atoms with Gasteiger partial charge in [-0.2, -0.15) is 4.68 Å². The molecule has 0 aliphatic carbocycles. The second-order valence-electron chi connectivity index (χ2n) is 6.26. The van der Waals surface area contributed by atoms with E-state index < -0.39 is 5.91 Å². The normalized spacial score (nSPS) is 11.4. The van der Waals surface area contributed by atoms with Crippen LogP contribution in [0.2, 0.25) is 0 Å². The molecular formula is C19H17N3O3S2. The number of amides is 1. The van der Waals surface area contributed by atoms with Crippen molar-refractivity contribution in [2.45, 2.75) is 27.2 Å². The molecule has 3 aromatic heterocycles. The third kappa shape index (κ3) is 2.72. The summed E-state index contributed by atoms with van der Waals surface area (Å²) >= 11 is 6.78. The molecule has 2 N–H and O–H groups in total. The summed E-state index contributed by atoms with van der Waals surface area (Å²) in [4.78, 5) is 30.6. The van der Waals surface area contributed by atoms with Crippen molar-refractivity contribution < 1.29 is 9.21 Å². The van der Waals surface area contributed by atoms with Crippen molar-refractivity contribution >= 4 is 50.6 Å². The molecule has 138 valence electrons. The number of aromatic amines is 1. The molecule has 0 saturated carbocycles. The fourth-order valence-corrected chi connectivity index (χ4v) is 4.75. The van der Waals surface area contributed by atoms with Gasteiger partial charge in [0.05, 0.1) is 5.39 Å². The third-order valence-electron chi connectivity index (χ3n) is 4.67. The van der Waals surface area contributed by atoms with Crippen LogP contribution in [0.5, 0.6) is 0 Å². The quantitative estimate of drug-likeness (QED) is 0.500. The maximum atomic E-state index is 13.0. The lowest BCUT2D eigenvalue weighted by Crippen LogP contribution is -2.34. The van der Waals surface area contributed by atoms with Crippen molar-refractivity contribution in [3.8, 4) is 0 Å². The topological polar surface area (TPSA) is 80.0 Å². The monoisotopic (exact) mass is 399 g/mol. The Labute approximate surface area is 163 Å². The molecule has 1 aromatic carbocycles. The number of para-hydroxylation sites is 1. The van der Waals surface area contributed by atoms with E-state index in [9.17, 15) is 9.59 Å². The first-order valence-electron chi connectivity index (χ1n) is 8.49. The minimum absolute atomic E-state index is 0.138. The van der Waals surface area contributed by atoms with Gasteiger partial charge in [-0.15, -0.1) is 11.3 Å². The highest BCUT2D eigenvalue weighted by molar-refractivity contribution is 7.71. The van der Waals surface area contributed by atoms with Gasteiger partial charge >= 0.3 is 5.91 Å². The molecule has 0 aliphatic heterocycles.